The quantitative estimate of drug-likeness (QED) is 0.418. The number of nitrogens with two attached hydrogens (primary N) is 1. The van der Waals surface area contributed by atoms with Crippen molar-refractivity contribution < 1.29 is 21.9 Å². The van der Waals surface area contributed by atoms with Crippen molar-refractivity contribution in [2.24, 2.45) is 5.73 Å². The van der Waals surface area contributed by atoms with Gasteiger partial charge in [-0.3, -0.25) is 9.09 Å². The van der Waals surface area contributed by atoms with Crippen molar-refractivity contribution in [2.75, 3.05) is 0 Å². The number of hydrogen-bond acceptors (Lipinski definition) is 4. The minimum Gasteiger partial charge on any atom is -1.00 e. The number of rotatable bonds is 4. The molecule has 24 heavy (non-hydrogen) atoms. The number of hydrogen-bond donors (Lipinski definition) is 3. The summed E-state index contributed by atoms with van der Waals surface area (Å²) in [6.07, 6.45) is -0.937. The van der Waals surface area contributed by atoms with Gasteiger partial charge in [0, 0.05) is 0 Å². The summed E-state index contributed by atoms with van der Waals surface area (Å²) in [4.78, 5) is 10.00. The Morgan fingerprint density at radius 1 is 1.08 bits per heavy atom. The molecule has 0 fully saturated rings. The molecule has 0 heterocycles. The second kappa shape index (κ2) is 8.49. The predicted molar refractivity (Wildman–Crippen MR) is 101 cm³/mol. The second-order valence-corrected chi connectivity index (χ2v) is 9.92. The molecule has 0 aromatic heterocycles. The first-order valence-corrected chi connectivity index (χ1v) is 9.40. The predicted octanol–water partition coefficient (Wildman–Crippen LogP) is 3.62. The van der Waals surface area contributed by atoms with E-state index in [1.807, 2.05) is 0 Å². The Kier molecular flexibility index (Phi) is 8.69. The van der Waals surface area contributed by atoms with Gasteiger partial charge in [-0.2, -0.15) is 0 Å². The van der Waals surface area contributed by atoms with Gasteiger partial charge in [0.15, 0.2) is 5.85 Å². The molecule has 0 amide bonds. The van der Waals surface area contributed by atoms with E-state index in [-0.39, 0.29) is 51.4 Å². The fourth-order valence-electron chi connectivity index (χ4n) is 2.15. The van der Waals surface area contributed by atoms with Crippen LogP contribution in [0.3, 0.4) is 0 Å². The Bertz CT molecular complexity index is 584. The molecule has 3 atom stereocenters. The van der Waals surface area contributed by atoms with Crippen LogP contribution in [0.25, 0.3) is 0 Å². The summed E-state index contributed by atoms with van der Waals surface area (Å²) in [7, 11) is -4.28. The van der Waals surface area contributed by atoms with Gasteiger partial charge < -0.3 is 18.6 Å². The molecule has 0 saturated carbocycles. The van der Waals surface area contributed by atoms with E-state index in [1.54, 1.807) is 12.1 Å². The number of aliphatic hydroxyl groups is 1. The molecule has 0 bridgehead atoms. The maximum absolute atomic E-state index is 12.3. The molecule has 1 aromatic carbocycles. The monoisotopic (exact) mass is 385 g/mol. The third-order valence-electron chi connectivity index (χ3n) is 3.61. The molecule has 1 aromatic rings. The summed E-state index contributed by atoms with van der Waals surface area (Å²) in [5, 5.41) is 10.4. The SMILES string of the molecule is CC(N)OP(=O)(O)C(O)c1cc(C(C)(C)C)cc(C(C)(C)C)c1.[Ca+2].[H-].[H-]. The smallest absolute Gasteiger partial charge is 1.00 e. The third-order valence-corrected chi connectivity index (χ3v) is 5.16. The first kappa shape index (κ1) is 24.5. The van der Waals surface area contributed by atoms with Gasteiger partial charge >= 0.3 is 45.3 Å². The largest absolute Gasteiger partial charge is 2.00 e. The van der Waals surface area contributed by atoms with Gasteiger partial charge in [-0.05, 0) is 34.4 Å². The summed E-state index contributed by atoms with van der Waals surface area (Å²) < 4.78 is 17.1. The Balaban J connectivity index is -0.00000176. The first-order chi connectivity index (χ1) is 10.1. The van der Waals surface area contributed by atoms with Crippen LogP contribution in [0.4, 0.5) is 0 Å². The van der Waals surface area contributed by atoms with E-state index in [9.17, 15) is 14.6 Å². The molecule has 1 rings (SSSR count). The van der Waals surface area contributed by atoms with Crippen LogP contribution in [0.2, 0.25) is 0 Å². The van der Waals surface area contributed by atoms with Crippen molar-refractivity contribution in [3.05, 3.63) is 34.9 Å². The molecule has 0 aliphatic carbocycles. The molecule has 0 spiro atoms. The average Bonchev–Trinajstić information content (AvgIpc) is 2.33. The molecule has 4 N–H and O–H groups in total. The molecule has 7 heteroatoms. The minimum absolute atomic E-state index is 0. The first-order valence-electron chi connectivity index (χ1n) is 7.75. The fraction of sp³-hybridized carbons (Fsp3) is 0.647. The van der Waals surface area contributed by atoms with E-state index in [1.165, 1.54) is 6.92 Å². The van der Waals surface area contributed by atoms with Crippen molar-refractivity contribution >= 4 is 45.3 Å². The summed E-state index contributed by atoms with van der Waals surface area (Å²) >= 11 is 0. The third kappa shape index (κ3) is 6.69. The van der Waals surface area contributed by atoms with Crippen LogP contribution in [0.1, 0.15) is 73.9 Å². The van der Waals surface area contributed by atoms with Crippen molar-refractivity contribution in [2.45, 2.75) is 71.4 Å². The van der Waals surface area contributed by atoms with Crippen LogP contribution >= 0.6 is 7.60 Å². The van der Waals surface area contributed by atoms with Gasteiger partial charge in [0.1, 0.15) is 6.23 Å². The van der Waals surface area contributed by atoms with E-state index >= 15 is 0 Å². The molecule has 136 valence electrons. The maximum Gasteiger partial charge on any atom is 2.00 e. The summed E-state index contributed by atoms with van der Waals surface area (Å²) in [6, 6.07) is 5.59. The van der Waals surface area contributed by atoms with E-state index in [0.29, 0.717) is 5.56 Å². The Morgan fingerprint density at radius 3 is 1.75 bits per heavy atom. The molecule has 0 saturated heterocycles. The minimum atomic E-state index is -4.28. The zero-order valence-electron chi connectivity index (χ0n) is 17.8. The fourth-order valence-corrected chi connectivity index (χ4v) is 3.27. The molecule has 0 aliphatic heterocycles. The van der Waals surface area contributed by atoms with Gasteiger partial charge in [-0.15, -0.1) is 0 Å². The Hall–Kier alpha value is 0.550. The molecular weight excluding hydrogens is 353 g/mol. The van der Waals surface area contributed by atoms with E-state index in [2.05, 4.69) is 47.6 Å². The van der Waals surface area contributed by atoms with Crippen molar-refractivity contribution in [3.8, 4) is 0 Å². The molecule has 3 unspecified atom stereocenters. The number of benzene rings is 1. The molecular formula is C17H32CaNO4P. The second-order valence-electron chi connectivity index (χ2n) is 8.09. The van der Waals surface area contributed by atoms with Gasteiger partial charge in [-0.1, -0.05) is 59.7 Å². The summed E-state index contributed by atoms with van der Waals surface area (Å²) in [6.45, 7) is 13.8. The van der Waals surface area contributed by atoms with Gasteiger partial charge in [0.05, 0.1) is 0 Å². The molecule has 5 nitrogen and oxygen atoms in total. The van der Waals surface area contributed by atoms with Crippen LogP contribution < -0.4 is 5.73 Å². The van der Waals surface area contributed by atoms with Crippen molar-refractivity contribution in [3.63, 3.8) is 0 Å². The number of aliphatic hydroxyl groups excluding tert-OH is 1. The van der Waals surface area contributed by atoms with Gasteiger partial charge in [-0.25, -0.2) is 0 Å². The molecule has 0 aliphatic rings. The topological polar surface area (TPSA) is 92.8 Å². The van der Waals surface area contributed by atoms with Crippen molar-refractivity contribution in [1.29, 1.82) is 0 Å². The maximum atomic E-state index is 12.3. The van der Waals surface area contributed by atoms with Crippen LogP contribution in [0.15, 0.2) is 18.2 Å². The van der Waals surface area contributed by atoms with Crippen LogP contribution in [0, 0.1) is 0 Å². The van der Waals surface area contributed by atoms with Crippen LogP contribution in [-0.2, 0) is 19.9 Å². The van der Waals surface area contributed by atoms with Crippen molar-refractivity contribution in [1.82, 2.24) is 0 Å². The normalized spacial score (nSPS) is 17.6. The van der Waals surface area contributed by atoms with E-state index in [0.717, 1.165) is 11.1 Å². The van der Waals surface area contributed by atoms with E-state index in [4.69, 9.17) is 10.3 Å². The average molecular weight is 385 g/mol. The Labute approximate surface area is 178 Å². The Morgan fingerprint density at radius 2 is 1.46 bits per heavy atom. The van der Waals surface area contributed by atoms with Crippen LogP contribution in [0.5, 0.6) is 0 Å². The zero-order chi connectivity index (χ0) is 18.2. The summed E-state index contributed by atoms with van der Waals surface area (Å²) in [5.41, 5.74) is 7.46. The van der Waals surface area contributed by atoms with Gasteiger partial charge in [0.25, 0.3) is 0 Å². The molecule has 0 radical (unpaired) electrons. The van der Waals surface area contributed by atoms with Crippen LogP contribution in [-0.4, -0.2) is 54.0 Å². The van der Waals surface area contributed by atoms with Gasteiger partial charge in [0.2, 0.25) is 0 Å². The summed E-state index contributed by atoms with van der Waals surface area (Å²) in [5.74, 6) is -1.63. The van der Waals surface area contributed by atoms with E-state index < -0.39 is 19.7 Å². The zero-order valence-corrected chi connectivity index (χ0v) is 18.9. The standard InChI is InChI=1S/C17H30NO4P.Ca.2H/c1-11(18)22-23(20,21)15(19)12-8-13(16(2,3)4)10-14(9-12)17(5,6)7;;;/h8-11,15,19H,18H2,1-7H3,(H,20,21);;;/q;+2;2*-1.